The molecule has 0 spiro atoms. The number of benzene rings is 1. The van der Waals surface area contributed by atoms with Crippen LogP contribution < -0.4 is 5.32 Å². The Morgan fingerprint density at radius 1 is 1.46 bits per heavy atom. The number of rotatable bonds is 3. The molecule has 10 heteroatoms. The number of hydrogen-bond acceptors (Lipinski definition) is 4. The van der Waals surface area contributed by atoms with Crippen molar-refractivity contribution >= 4 is 17.5 Å². The highest BCUT2D eigenvalue weighted by Crippen LogP contribution is 2.33. The van der Waals surface area contributed by atoms with Gasteiger partial charge in [-0.2, -0.15) is 13.2 Å². The van der Waals surface area contributed by atoms with E-state index in [0.29, 0.717) is 12.1 Å². The molecule has 1 aliphatic rings. The molecule has 0 saturated carbocycles. The molecule has 1 aliphatic heterocycles. The SMILES string of the molecule is CC[C@@H]1C(=O)NCCN1C(=O)c1ccc(C(F)(F)F)cc1[N+](=O)[O-]. The molecule has 2 rings (SSSR count). The zero-order valence-electron chi connectivity index (χ0n) is 12.6. The Balaban J connectivity index is 2.45. The fourth-order valence-corrected chi connectivity index (χ4v) is 2.56. The van der Waals surface area contributed by atoms with Crippen LogP contribution in [-0.4, -0.2) is 40.8 Å². The van der Waals surface area contributed by atoms with E-state index in [1.165, 1.54) is 0 Å². The molecule has 2 amide bonds. The number of halogens is 3. The lowest BCUT2D eigenvalue weighted by atomic mass is 10.0. The second-order valence-corrected chi connectivity index (χ2v) is 5.20. The molecule has 0 unspecified atom stereocenters. The quantitative estimate of drug-likeness (QED) is 0.669. The first-order valence-corrected chi connectivity index (χ1v) is 7.11. The molecule has 1 heterocycles. The van der Waals surface area contributed by atoms with Crippen molar-refractivity contribution in [1.82, 2.24) is 10.2 Å². The van der Waals surface area contributed by atoms with Crippen LogP contribution in [0.5, 0.6) is 0 Å². The fraction of sp³-hybridized carbons (Fsp3) is 0.429. The number of nitro benzene ring substituents is 1. The summed E-state index contributed by atoms with van der Waals surface area (Å²) in [7, 11) is 0. The summed E-state index contributed by atoms with van der Waals surface area (Å²) in [4.78, 5) is 35.6. The van der Waals surface area contributed by atoms with Crippen LogP contribution in [0.2, 0.25) is 0 Å². The number of alkyl halides is 3. The molecule has 1 aromatic rings. The zero-order valence-corrected chi connectivity index (χ0v) is 12.6. The molecule has 1 N–H and O–H groups in total. The monoisotopic (exact) mass is 345 g/mol. The van der Waals surface area contributed by atoms with E-state index in [1.807, 2.05) is 0 Å². The minimum Gasteiger partial charge on any atom is -0.353 e. The van der Waals surface area contributed by atoms with Crippen molar-refractivity contribution in [1.29, 1.82) is 0 Å². The first-order valence-electron chi connectivity index (χ1n) is 7.11. The average Bonchev–Trinajstić information content (AvgIpc) is 2.52. The third-order valence-corrected chi connectivity index (χ3v) is 3.73. The summed E-state index contributed by atoms with van der Waals surface area (Å²) < 4.78 is 38.1. The van der Waals surface area contributed by atoms with E-state index in [4.69, 9.17) is 0 Å². The predicted octanol–water partition coefficient (Wildman–Crippen LogP) is 1.96. The largest absolute Gasteiger partial charge is 0.416 e. The summed E-state index contributed by atoms with van der Waals surface area (Å²) >= 11 is 0. The predicted molar refractivity (Wildman–Crippen MR) is 76.2 cm³/mol. The van der Waals surface area contributed by atoms with Crippen molar-refractivity contribution in [3.63, 3.8) is 0 Å². The Labute approximate surface area is 134 Å². The minimum atomic E-state index is -4.76. The number of piperazine rings is 1. The third kappa shape index (κ3) is 3.31. The second-order valence-electron chi connectivity index (χ2n) is 5.20. The molecular formula is C14H14F3N3O4. The van der Waals surface area contributed by atoms with Crippen LogP contribution in [-0.2, 0) is 11.0 Å². The van der Waals surface area contributed by atoms with Gasteiger partial charge in [0.25, 0.3) is 11.6 Å². The molecule has 1 aromatic carbocycles. The van der Waals surface area contributed by atoms with Gasteiger partial charge in [0, 0.05) is 19.2 Å². The van der Waals surface area contributed by atoms with Crippen molar-refractivity contribution in [2.75, 3.05) is 13.1 Å². The first-order chi connectivity index (χ1) is 11.2. The highest BCUT2D eigenvalue weighted by Gasteiger charge is 2.37. The van der Waals surface area contributed by atoms with Crippen LogP contribution in [0.25, 0.3) is 0 Å². The number of nitrogens with zero attached hydrogens (tertiary/aromatic N) is 2. The summed E-state index contributed by atoms with van der Waals surface area (Å²) in [5.41, 5.74) is -2.62. The van der Waals surface area contributed by atoms with Crippen LogP contribution in [0.3, 0.4) is 0 Å². The highest BCUT2D eigenvalue weighted by molar-refractivity contribution is 6.01. The molecule has 0 radical (unpaired) electrons. The van der Waals surface area contributed by atoms with Crippen molar-refractivity contribution in [2.24, 2.45) is 0 Å². The van der Waals surface area contributed by atoms with Gasteiger partial charge in [0.2, 0.25) is 5.91 Å². The third-order valence-electron chi connectivity index (χ3n) is 3.73. The van der Waals surface area contributed by atoms with E-state index in [1.54, 1.807) is 6.92 Å². The topological polar surface area (TPSA) is 92.6 Å². The number of nitro groups is 1. The Morgan fingerprint density at radius 3 is 2.67 bits per heavy atom. The van der Waals surface area contributed by atoms with E-state index in [0.717, 1.165) is 11.0 Å². The van der Waals surface area contributed by atoms with E-state index >= 15 is 0 Å². The van der Waals surface area contributed by atoms with Gasteiger partial charge >= 0.3 is 6.18 Å². The number of hydrogen-bond donors (Lipinski definition) is 1. The minimum absolute atomic E-state index is 0.126. The Bertz CT molecular complexity index is 690. The number of carbonyl (C=O) groups excluding carboxylic acids is 2. The maximum Gasteiger partial charge on any atom is 0.416 e. The van der Waals surface area contributed by atoms with Gasteiger partial charge in [-0.1, -0.05) is 6.92 Å². The van der Waals surface area contributed by atoms with E-state index in [9.17, 15) is 32.9 Å². The van der Waals surface area contributed by atoms with Gasteiger partial charge in [-0.15, -0.1) is 0 Å². The summed E-state index contributed by atoms with van der Waals surface area (Å²) in [6.45, 7) is 1.97. The number of carbonyl (C=O) groups is 2. The summed E-state index contributed by atoms with van der Waals surface area (Å²) in [5.74, 6) is -1.23. The first kappa shape index (κ1) is 17.7. The summed E-state index contributed by atoms with van der Waals surface area (Å²) in [6, 6.07) is 0.916. The van der Waals surface area contributed by atoms with Crippen molar-refractivity contribution in [2.45, 2.75) is 25.6 Å². The van der Waals surface area contributed by atoms with Crippen LogP contribution in [0.15, 0.2) is 18.2 Å². The molecular weight excluding hydrogens is 331 g/mol. The van der Waals surface area contributed by atoms with Crippen LogP contribution in [0.4, 0.5) is 18.9 Å². The number of nitrogens with one attached hydrogen (secondary N) is 1. The van der Waals surface area contributed by atoms with Gasteiger partial charge in [-0.3, -0.25) is 19.7 Å². The lowest BCUT2D eigenvalue weighted by molar-refractivity contribution is -0.385. The van der Waals surface area contributed by atoms with E-state index in [-0.39, 0.29) is 19.5 Å². The molecule has 130 valence electrons. The normalized spacial score (nSPS) is 18.2. The molecule has 24 heavy (non-hydrogen) atoms. The fourth-order valence-electron chi connectivity index (χ4n) is 2.56. The highest BCUT2D eigenvalue weighted by atomic mass is 19.4. The van der Waals surface area contributed by atoms with Crippen molar-refractivity contribution in [3.05, 3.63) is 39.4 Å². The van der Waals surface area contributed by atoms with Crippen LogP contribution in [0.1, 0.15) is 29.3 Å². The molecule has 1 atom stereocenters. The van der Waals surface area contributed by atoms with E-state index in [2.05, 4.69) is 5.32 Å². The van der Waals surface area contributed by atoms with E-state index < -0.39 is 45.8 Å². The molecule has 7 nitrogen and oxygen atoms in total. The maximum absolute atomic E-state index is 12.7. The van der Waals surface area contributed by atoms with Gasteiger partial charge in [0.1, 0.15) is 11.6 Å². The van der Waals surface area contributed by atoms with Gasteiger partial charge in [0.05, 0.1) is 10.5 Å². The van der Waals surface area contributed by atoms with Crippen LogP contribution in [0, 0.1) is 10.1 Å². The Kier molecular flexibility index (Phi) is 4.76. The standard InChI is InChI=1S/C14H14F3N3O4/c1-2-10-12(21)18-5-6-19(10)13(22)9-4-3-8(14(15,16)17)7-11(9)20(23)24/h3-4,7,10H,2,5-6H2,1H3,(H,18,21)/t10-/m1/s1. The Hall–Kier alpha value is -2.65. The zero-order chi connectivity index (χ0) is 18.1. The van der Waals surface area contributed by atoms with Crippen LogP contribution >= 0.6 is 0 Å². The lowest BCUT2D eigenvalue weighted by Gasteiger charge is -2.34. The molecule has 0 bridgehead atoms. The molecule has 1 fully saturated rings. The van der Waals surface area contributed by atoms with Gasteiger partial charge in [0.15, 0.2) is 0 Å². The average molecular weight is 345 g/mol. The Morgan fingerprint density at radius 2 is 2.12 bits per heavy atom. The van der Waals surface area contributed by atoms with Gasteiger partial charge in [-0.25, -0.2) is 0 Å². The van der Waals surface area contributed by atoms with Gasteiger partial charge in [-0.05, 0) is 18.6 Å². The molecule has 0 aliphatic carbocycles. The lowest BCUT2D eigenvalue weighted by Crippen LogP contribution is -2.56. The smallest absolute Gasteiger partial charge is 0.353 e. The number of amides is 2. The second kappa shape index (κ2) is 6.46. The summed E-state index contributed by atoms with van der Waals surface area (Å²) in [6.07, 6.45) is -4.48. The maximum atomic E-state index is 12.7. The van der Waals surface area contributed by atoms with Crippen molar-refractivity contribution in [3.8, 4) is 0 Å². The molecule has 0 aromatic heterocycles. The van der Waals surface area contributed by atoms with Gasteiger partial charge < -0.3 is 10.2 Å². The molecule has 1 saturated heterocycles. The van der Waals surface area contributed by atoms with Crippen molar-refractivity contribution < 1.29 is 27.7 Å². The summed E-state index contributed by atoms with van der Waals surface area (Å²) in [5, 5.41) is 13.7.